The second-order valence-corrected chi connectivity index (χ2v) is 5.13. The molecule has 2 nitrogen and oxygen atoms in total. The molecule has 0 saturated heterocycles. The summed E-state index contributed by atoms with van der Waals surface area (Å²) in [5, 5.41) is 0. The zero-order valence-corrected chi connectivity index (χ0v) is 12.1. The van der Waals surface area contributed by atoms with Gasteiger partial charge in [-0.05, 0) is 30.3 Å². The quantitative estimate of drug-likeness (QED) is 0.629. The molecule has 0 aliphatic rings. The molecule has 0 aliphatic carbocycles. The molecule has 0 radical (unpaired) electrons. The molecule has 0 bridgehead atoms. The molecule has 0 amide bonds. The van der Waals surface area contributed by atoms with E-state index in [-0.39, 0.29) is 18.0 Å². The number of halogens is 5. The molecular formula is C14H10BrF4NO. The Morgan fingerprint density at radius 1 is 1.10 bits per heavy atom. The van der Waals surface area contributed by atoms with Crippen molar-refractivity contribution in [1.29, 1.82) is 0 Å². The number of hydrogen-bond donors (Lipinski definition) is 1. The van der Waals surface area contributed by atoms with Crippen LogP contribution in [0, 0.1) is 5.82 Å². The van der Waals surface area contributed by atoms with Crippen molar-refractivity contribution < 1.29 is 22.3 Å². The van der Waals surface area contributed by atoms with Crippen LogP contribution < -0.4 is 10.5 Å². The summed E-state index contributed by atoms with van der Waals surface area (Å²) >= 11 is 3.13. The maximum atomic E-state index is 12.9. The Morgan fingerprint density at radius 3 is 2.43 bits per heavy atom. The van der Waals surface area contributed by atoms with Gasteiger partial charge in [-0.2, -0.15) is 13.2 Å². The summed E-state index contributed by atoms with van der Waals surface area (Å²) in [6, 6.07) is 7.16. The van der Waals surface area contributed by atoms with Crippen molar-refractivity contribution in [1.82, 2.24) is 0 Å². The maximum absolute atomic E-state index is 12.9. The molecule has 2 N–H and O–H groups in total. The SMILES string of the molecule is Nc1ccc(OCc2ccc(F)cc2Br)c(C(F)(F)F)c1. The molecule has 2 aromatic carbocycles. The van der Waals surface area contributed by atoms with E-state index >= 15 is 0 Å². The van der Waals surface area contributed by atoms with Crippen molar-refractivity contribution in [3.63, 3.8) is 0 Å². The average molecular weight is 364 g/mol. The van der Waals surface area contributed by atoms with Gasteiger partial charge in [-0.3, -0.25) is 0 Å². The fourth-order valence-electron chi connectivity index (χ4n) is 1.69. The number of anilines is 1. The van der Waals surface area contributed by atoms with E-state index in [1.165, 1.54) is 24.3 Å². The van der Waals surface area contributed by atoms with E-state index in [9.17, 15) is 17.6 Å². The lowest BCUT2D eigenvalue weighted by atomic mass is 10.1. The normalized spacial score (nSPS) is 11.5. The molecule has 0 spiro atoms. The number of nitrogens with two attached hydrogens (primary N) is 1. The maximum Gasteiger partial charge on any atom is 0.420 e. The van der Waals surface area contributed by atoms with Crippen molar-refractivity contribution >= 4 is 21.6 Å². The lowest BCUT2D eigenvalue weighted by Gasteiger charge is -2.15. The Hall–Kier alpha value is -1.76. The molecule has 21 heavy (non-hydrogen) atoms. The average Bonchev–Trinajstić information content (AvgIpc) is 2.38. The van der Waals surface area contributed by atoms with Crippen LogP contribution in [0.15, 0.2) is 40.9 Å². The van der Waals surface area contributed by atoms with E-state index in [2.05, 4.69) is 15.9 Å². The van der Waals surface area contributed by atoms with Gasteiger partial charge in [0, 0.05) is 15.7 Å². The van der Waals surface area contributed by atoms with Gasteiger partial charge in [-0.25, -0.2) is 4.39 Å². The third-order valence-electron chi connectivity index (χ3n) is 2.71. The van der Waals surface area contributed by atoms with Crippen molar-refractivity contribution in [2.45, 2.75) is 12.8 Å². The minimum absolute atomic E-state index is 0.00219. The lowest BCUT2D eigenvalue weighted by Crippen LogP contribution is -2.09. The Balaban J connectivity index is 2.24. The minimum Gasteiger partial charge on any atom is -0.488 e. The highest BCUT2D eigenvalue weighted by atomic mass is 79.9. The predicted octanol–water partition coefficient (Wildman–Crippen LogP) is 4.77. The van der Waals surface area contributed by atoms with Gasteiger partial charge in [0.05, 0.1) is 5.56 Å². The number of benzene rings is 2. The van der Waals surface area contributed by atoms with E-state index in [1.807, 2.05) is 0 Å². The second kappa shape index (κ2) is 5.93. The third-order valence-corrected chi connectivity index (χ3v) is 3.45. The van der Waals surface area contributed by atoms with Crippen LogP contribution in [0.3, 0.4) is 0 Å². The zero-order valence-electron chi connectivity index (χ0n) is 10.5. The van der Waals surface area contributed by atoms with Crippen LogP contribution in [0.25, 0.3) is 0 Å². The molecular weight excluding hydrogens is 354 g/mol. The standard InChI is InChI=1S/C14H10BrF4NO/c15-12-5-9(16)2-1-8(12)7-21-13-4-3-10(20)6-11(13)14(17,18)19/h1-6H,7,20H2. The number of rotatable bonds is 3. The van der Waals surface area contributed by atoms with Gasteiger partial charge < -0.3 is 10.5 Å². The van der Waals surface area contributed by atoms with Gasteiger partial charge in [-0.1, -0.05) is 22.0 Å². The molecule has 7 heteroatoms. The number of nitrogen functional groups attached to an aromatic ring is 1. The zero-order chi connectivity index (χ0) is 15.6. The van der Waals surface area contributed by atoms with Crippen LogP contribution in [0.1, 0.15) is 11.1 Å². The van der Waals surface area contributed by atoms with Gasteiger partial charge >= 0.3 is 6.18 Å². The van der Waals surface area contributed by atoms with Crippen LogP contribution >= 0.6 is 15.9 Å². The predicted molar refractivity (Wildman–Crippen MR) is 74.3 cm³/mol. The molecule has 0 fully saturated rings. The molecule has 0 unspecified atom stereocenters. The van der Waals surface area contributed by atoms with Crippen LogP contribution in [0.5, 0.6) is 5.75 Å². The summed E-state index contributed by atoms with van der Waals surface area (Å²) in [6.45, 7) is -0.131. The van der Waals surface area contributed by atoms with Crippen molar-refractivity contribution in [2.24, 2.45) is 0 Å². The van der Waals surface area contributed by atoms with Crippen LogP contribution in [-0.2, 0) is 12.8 Å². The second-order valence-electron chi connectivity index (χ2n) is 4.28. The summed E-state index contributed by atoms with van der Waals surface area (Å²) in [6.07, 6.45) is -4.56. The van der Waals surface area contributed by atoms with Gasteiger partial charge in [0.15, 0.2) is 0 Å². The topological polar surface area (TPSA) is 35.2 Å². The highest BCUT2D eigenvalue weighted by Crippen LogP contribution is 2.37. The summed E-state index contributed by atoms with van der Waals surface area (Å²) in [5.74, 6) is -0.776. The first-order valence-electron chi connectivity index (χ1n) is 5.81. The van der Waals surface area contributed by atoms with E-state index in [4.69, 9.17) is 10.5 Å². The molecule has 112 valence electrons. The Labute approximate surface area is 126 Å². The third kappa shape index (κ3) is 3.87. The summed E-state index contributed by atoms with van der Waals surface area (Å²) in [4.78, 5) is 0. The Kier molecular flexibility index (Phi) is 4.41. The fourth-order valence-corrected chi connectivity index (χ4v) is 2.15. The molecule has 2 rings (SSSR count). The summed E-state index contributed by atoms with van der Waals surface area (Å²) < 4.78 is 57.2. The van der Waals surface area contributed by atoms with Crippen molar-refractivity contribution in [2.75, 3.05) is 5.73 Å². The monoisotopic (exact) mass is 363 g/mol. The number of hydrogen-bond acceptors (Lipinski definition) is 2. The van der Waals surface area contributed by atoms with Crippen LogP contribution in [0.2, 0.25) is 0 Å². The van der Waals surface area contributed by atoms with Crippen molar-refractivity contribution in [3.05, 3.63) is 57.8 Å². The van der Waals surface area contributed by atoms with E-state index in [0.29, 0.717) is 10.0 Å². The highest BCUT2D eigenvalue weighted by Gasteiger charge is 2.34. The first kappa shape index (κ1) is 15.6. The first-order chi connectivity index (χ1) is 9.77. The first-order valence-corrected chi connectivity index (χ1v) is 6.60. The number of alkyl halides is 3. The van der Waals surface area contributed by atoms with Crippen molar-refractivity contribution in [3.8, 4) is 5.75 Å². The van der Waals surface area contributed by atoms with E-state index in [0.717, 1.165) is 12.1 Å². The van der Waals surface area contributed by atoms with E-state index < -0.39 is 17.6 Å². The van der Waals surface area contributed by atoms with E-state index in [1.54, 1.807) is 0 Å². The molecule has 0 aromatic heterocycles. The largest absolute Gasteiger partial charge is 0.488 e. The number of ether oxygens (including phenoxy) is 1. The Morgan fingerprint density at radius 2 is 1.81 bits per heavy atom. The molecule has 0 saturated carbocycles. The fraction of sp³-hybridized carbons (Fsp3) is 0.143. The van der Waals surface area contributed by atoms with Gasteiger partial charge in [-0.15, -0.1) is 0 Å². The lowest BCUT2D eigenvalue weighted by molar-refractivity contribution is -0.139. The van der Waals surface area contributed by atoms with Gasteiger partial charge in [0.25, 0.3) is 0 Å². The van der Waals surface area contributed by atoms with Gasteiger partial charge in [0.2, 0.25) is 0 Å². The van der Waals surface area contributed by atoms with Crippen LogP contribution in [-0.4, -0.2) is 0 Å². The molecule has 0 atom stereocenters. The minimum atomic E-state index is -4.56. The Bertz CT molecular complexity index is 658. The summed E-state index contributed by atoms with van der Waals surface area (Å²) in [5.41, 5.74) is 4.95. The smallest absolute Gasteiger partial charge is 0.420 e. The van der Waals surface area contributed by atoms with Gasteiger partial charge in [0.1, 0.15) is 18.2 Å². The molecule has 0 aliphatic heterocycles. The summed E-state index contributed by atoms with van der Waals surface area (Å²) in [7, 11) is 0. The highest BCUT2D eigenvalue weighted by molar-refractivity contribution is 9.10. The van der Waals surface area contributed by atoms with Crippen LogP contribution in [0.4, 0.5) is 23.2 Å². The molecule has 0 heterocycles. The molecule has 2 aromatic rings.